The van der Waals surface area contributed by atoms with E-state index in [-0.39, 0.29) is 16.1 Å². The topological polar surface area (TPSA) is 68.0 Å². The van der Waals surface area contributed by atoms with Gasteiger partial charge in [-0.05, 0) is 30.3 Å². The fourth-order valence-corrected chi connectivity index (χ4v) is 3.19. The molecule has 0 fully saturated rings. The molecule has 2 heterocycles. The summed E-state index contributed by atoms with van der Waals surface area (Å²) in [6, 6.07) is 7.72. The van der Waals surface area contributed by atoms with Crippen LogP contribution in [0, 0.1) is 0 Å². The second kappa shape index (κ2) is 7.79. The monoisotopic (exact) mass is 443 g/mol. The standard InChI is InChI=1S/C19H17ClF3N3O2S/c1-18(2,3)16-8-11(6-7-24-16)17-25-15(10-28-17)13-5-4-12(9-14(13)20)26-29(27)19(21,22)23/h4-10,26H,1-3H3. The van der Waals surface area contributed by atoms with Crippen LogP contribution in [0.2, 0.25) is 5.02 Å². The minimum atomic E-state index is -4.87. The maximum atomic E-state index is 12.4. The van der Waals surface area contributed by atoms with E-state index < -0.39 is 16.5 Å². The Labute approximate surface area is 172 Å². The number of nitrogens with one attached hydrogen (secondary N) is 1. The first-order chi connectivity index (χ1) is 13.4. The third-order valence-corrected chi connectivity index (χ3v) is 5.10. The van der Waals surface area contributed by atoms with Crippen molar-refractivity contribution in [3.63, 3.8) is 0 Å². The van der Waals surface area contributed by atoms with Crippen molar-refractivity contribution in [1.82, 2.24) is 9.97 Å². The van der Waals surface area contributed by atoms with Crippen molar-refractivity contribution < 1.29 is 21.8 Å². The summed E-state index contributed by atoms with van der Waals surface area (Å²) in [7, 11) is -3.23. The van der Waals surface area contributed by atoms with Crippen LogP contribution in [0.4, 0.5) is 18.9 Å². The fraction of sp³-hybridized carbons (Fsp3) is 0.263. The molecule has 0 aliphatic carbocycles. The molecule has 1 atom stereocenters. The lowest BCUT2D eigenvalue weighted by Gasteiger charge is -2.17. The molecule has 3 rings (SSSR count). The van der Waals surface area contributed by atoms with Crippen LogP contribution in [0.25, 0.3) is 22.7 Å². The van der Waals surface area contributed by atoms with E-state index in [0.29, 0.717) is 17.1 Å². The van der Waals surface area contributed by atoms with E-state index in [1.165, 1.54) is 24.5 Å². The van der Waals surface area contributed by atoms with Crippen LogP contribution in [0.3, 0.4) is 0 Å². The van der Waals surface area contributed by atoms with Gasteiger partial charge in [0.2, 0.25) is 16.9 Å². The molecule has 5 nitrogen and oxygen atoms in total. The van der Waals surface area contributed by atoms with Crippen molar-refractivity contribution in [2.75, 3.05) is 4.72 Å². The molecule has 1 unspecified atom stereocenters. The summed E-state index contributed by atoms with van der Waals surface area (Å²) in [6.45, 7) is 6.13. The van der Waals surface area contributed by atoms with E-state index in [0.717, 1.165) is 11.3 Å². The summed E-state index contributed by atoms with van der Waals surface area (Å²) in [5.41, 5.74) is -2.54. The Balaban J connectivity index is 1.87. The molecule has 0 aliphatic rings. The minimum Gasteiger partial charge on any atom is -0.444 e. The van der Waals surface area contributed by atoms with E-state index in [9.17, 15) is 17.4 Å². The predicted octanol–water partition coefficient (Wildman–Crippen LogP) is 5.95. The smallest absolute Gasteiger partial charge is 0.444 e. The maximum Gasteiger partial charge on any atom is 0.490 e. The molecular weight excluding hydrogens is 427 g/mol. The lowest BCUT2D eigenvalue weighted by molar-refractivity contribution is -0.0379. The maximum absolute atomic E-state index is 12.4. The number of alkyl halides is 3. The van der Waals surface area contributed by atoms with Crippen LogP contribution < -0.4 is 4.72 Å². The number of halogens is 4. The number of hydrogen-bond donors (Lipinski definition) is 1. The summed E-state index contributed by atoms with van der Waals surface area (Å²) < 4.78 is 55.8. The van der Waals surface area contributed by atoms with Gasteiger partial charge in [-0.1, -0.05) is 32.4 Å². The Hall–Kier alpha value is -2.39. The lowest BCUT2D eigenvalue weighted by atomic mass is 9.91. The number of benzene rings is 1. The van der Waals surface area contributed by atoms with Gasteiger partial charge in [0.15, 0.2) is 0 Å². The molecule has 0 bridgehead atoms. The Morgan fingerprint density at radius 1 is 1.14 bits per heavy atom. The van der Waals surface area contributed by atoms with Crippen molar-refractivity contribution in [3.8, 4) is 22.7 Å². The largest absolute Gasteiger partial charge is 0.490 e. The van der Waals surface area contributed by atoms with Crippen molar-refractivity contribution in [3.05, 3.63) is 53.5 Å². The molecule has 0 radical (unpaired) electrons. The second-order valence-electron chi connectivity index (χ2n) is 7.23. The molecule has 1 N–H and O–H groups in total. The van der Waals surface area contributed by atoms with Crippen molar-refractivity contribution in [1.29, 1.82) is 0 Å². The highest BCUT2D eigenvalue weighted by Gasteiger charge is 2.37. The Kier molecular flexibility index (Phi) is 5.73. The first-order valence-corrected chi connectivity index (χ1v) is 9.95. The van der Waals surface area contributed by atoms with Crippen LogP contribution in [-0.4, -0.2) is 19.7 Å². The quantitative estimate of drug-likeness (QED) is 0.541. The molecular formula is C19H17ClF3N3O2S. The van der Waals surface area contributed by atoms with Crippen LogP contribution >= 0.6 is 11.6 Å². The summed E-state index contributed by atoms with van der Waals surface area (Å²) in [5.74, 6) is 0.365. The molecule has 0 spiro atoms. The highest BCUT2D eigenvalue weighted by molar-refractivity contribution is 7.87. The molecule has 0 saturated heterocycles. The van der Waals surface area contributed by atoms with Gasteiger partial charge in [-0.15, -0.1) is 0 Å². The summed E-state index contributed by atoms with van der Waals surface area (Å²) in [4.78, 5) is 8.79. The minimum absolute atomic E-state index is 0.0259. The van der Waals surface area contributed by atoms with Crippen molar-refractivity contribution in [2.24, 2.45) is 0 Å². The Morgan fingerprint density at radius 3 is 2.48 bits per heavy atom. The van der Waals surface area contributed by atoms with E-state index in [1.807, 2.05) is 31.6 Å². The second-order valence-corrected chi connectivity index (χ2v) is 8.84. The fourth-order valence-electron chi connectivity index (χ4n) is 2.45. The number of pyridine rings is 1. The van der Waals surface area contributed by atoms with E-state index >= 15 is 0 Å². The van der Waals surface area contributed by atoms with Crippen LogP contribution in [-0.2, 0) is 16.4 Å². The normalized spacial score (nSPS) is 13.3. The SMILES string of the molecule is CC(C)(C)c1cc(-c2nc(-c3ccc(NS(=O)C(F)(F)F)cc3Cl)co2)ccn1. The van der Waals surface area contributed by atoms with Gasteiger partial charge in [-0.3, -0.25) is 9.71 Å². The van der Waals surface area contributed by atoms with E-state index in [4.69, 9.17) is 16.0 Å². The van der Waals surface area contributed by atoms with Gasteiger partial charge in [-0.25, -0.2) is 9.19 Å². The van der Waals surface area contributed by atoms with Crippen LogP contribution in [0.15, 0.2) is 47.2 Å². The van der Waals surface area contributed by atoms with Gasteiger partial charge in [0.25, 0.3) is 0 Å². The van der Waals surface area contributed by atoms with Gasteiger partial charge < -0.3 is 4.42 Å². The highest BCUT2D eigenvalue weighted by atomic mass is 35.5. The number of rotatable bonds is 4. The van der Waals surface area contributed by atoms with Gasteiger partial charge in [0, 0.05) is 34.1 Å². The third-order valence-electron chi connectivity index (χ3n) is 3.95. The number of aromatic nitrogens is 2. The average molecular weight is 444 g/mol. The molecule has 2 aromatic heterocycles. The van der Waals surface area contributed by atoms with Crippen LogP contribution in [0.5, 0.6) is 0 Å². The van der Waals surface area contributed by atoms with Gasteiger partial charge in [0.05, 0.1) is 5.02 Å². The predicted molar refractivity (Wildman–Crippen MR) is 107 cm³/mol. The molecule has 0 saturated carbocycles. The van der Waals surface area contributed by atoms with E-state index in [2.05, 4.69) is 9.97 Å². The first kappa shape index (κ1) is 21.3. The van der Waals surface area contributed by atoms with Crippen molar-refractivity contribution >= 4 is 28.3 Å². The molecule has 1 aromatic carbocycles. The molecule has 3 aromatic rings. The molecule has 29 heavy (non-hydrogen) atoms. The van der Waals surface area contributed by atoms with Crippen LogP contribution in [0.1, 0.15) is 26.5 Å². The molecule has 0 amide bonds. The third kappa shape index (κ3) is 4.97. The Morgan fingerprint density at radius 2 is 1.86 bits per heavy atom. The number of anilines is 1. The number of oxazole rings is 1. The molecule has 10 heteroatoms. The van der Waals surface area contributed by atoms with Gasteiger partial charge >= 0.3 is 5.51 Å². The molecule has 154 valence electrons. The Bertz CT molecular complexity index is 1060. The average Bonchev–Trinajstić information content (AvgIpc) is 3.10. The van der Waals surface area contributed by atoms with Gasteiger partial charge in [0.1, 0.15) is 12.0 Å². The van der Waals surface area contributed by atoms with E-state index in [1.54, 1.807) is 12.3 Å². The molecule has 0 aliphatic heterocycles. The first-order valence-electron chi connectivity index (χ1n) is 8.43. The van der Waals surface area contributed by atoms with Crippen molar-refractivity contribution in [2.45, 2.75) is 31.7 Å². The zero-order valence-electron chi connectivity index (χ0n) is 15.7. The lowest BCUT2D eigenvalue weighted by Crippen LogP contribution is -2.22. The summed E-state index contributed by atoms with van der Waals surface area (Å²) in [5, 5.41) is 0.138. The number of hydrogen-bond acceptors (Lipinski definition) is 4. The van der Waals surface area contributed by atoms with Gasteiger partial charge in [-0.2, -0.15) is 13.2 Å². The summed E-state index contributed by atoms with van der Waals surface area (Å²) >= 11 is 6.19. The summed E-state index contributed by atoms with van der Waals surface area (Å²) in [6.07, 6.45) is 3.09. The zero-order valence-corrected chi connectivity index (χ0v) is 17.2. The number of nitrogens with zero attached hydrogens (tertiary/aromatic N) is 2. The zero-order chi connectivity index (χ0) is 21.4. The highest BCUT2D eigenvalue weighted by Crippen LogP contribution is 2.33.